The third-order valence-corrected chi connectivity index (χ3v) is 17.3. The van der Waals surface area contributed by atoms with Crippen LogP contribution in [-0.2, 0) is 43.6 Å². The molecule has 3 aromatic carbocycles. The van der Waals surface area contributed by atoms with E-state index in [0.717, 1.165) is 113 Å². The fraction of sp³-hybridized carbons (Fsp3) is 0.545. The number of imide groups is 1. The van der Waals surface area contributed by atoms with Gasteiger partial charge < -0.3 is 24.8 Å². The molecule has 0 aliphatic carbocycles. The van der Waals surface area contributed by atoms with Gasteiger partial charge in [-0.3, -0.25) is 29.4 Å². The number of amides is 4. The number of anilines is 2. The standard InChI is InChI=1S/C55H73N9O7S/c1-39(2)72(69,70)49-19-13-12-16-41(49)35-51-58-38-57-50(59-51)34-40-21-22-43(36-48(40)71-3)61-28-25-42(26-29-61)62-30-32-63(33-31-62)53(66)20-11-9-7-5-4-6-8-10-14-27-56-46-18-15-17-44-45(46)37-64(55(44)68)47-23-24-52(65)60-54(47)67/h12-13,15-19,21-22,36,38-39,42,47,56H,4-11,14,20,23-35,37H2,1-3H3,(H,60,65,67). The Kier molecular flexibility index (Phi) is 17.9. The maximum atomic E-state index is 13.1. The predicted octanol–water partition coefficient (Wildman–Crippen LogP) is 7.13. The number of benzene rings is 3. The molecule has 4 aromatic rings. The van der Waals surface area contributed by atoms with Gasteiger partial charge in [-0.2, -0.15) is 0 Å². The number of rotatable bonds is 23. The molecular formula is C55H73N9O7S. The van der Waals surface area contributed by atoms with Crippen molar-refractivity contribution in [1.82, 2.24) is 35.0 Å². The second kappa shape index (κ2) is 24.7. The van der Waals surface area contributed by atoms with Gasteiger partial charge in [0.1, 0.15) is 29.8 Å². The van der Waals surface area contributed by atoms with Gasteiger partial charge in [0.2, 0.25) is 17.7 Å². The molecule has 1 atom stereocenters. The average Bonchev–Trinajstić information content (AvgIpc) is 3.72. The van der Waals surface area contributed by atoms with Crippen LogP contribution < -0.4 is 20.3 Å². The number of fused-ring (bicyclic) bond motifs is 1. The van der Waals surface area contributed by atoms with E-state index < -0.39 is 21.1 Å². The molecular weight excluding hydrogens is 931 g/mol. The zero-order valence-electron chi connectivity index (χ0n) is 42.4. The normalized spacial score (nSPS) is 17.9. The van der Waals surface area contributed by atoms with Gasteiger partial charge in [-0.25, -0.2) is 23.4 Å². The van der Waals surface area contributed by atoms with Crippen LogP contribution in [-0.4, -0.2) is 132 Å². The highest BCUT2D eigenvalue weighted by molar-refractivity contribution is 7.92. The number of piperazine rings is 1. The molecule has 16 nitrogen and oxygen atoms in total. The molecule has 0 spiro atoms. The molecule has 1 unspecified atom stereocenters. The molecule has 3 saturated heterocycles. The van der Waals surface area contributed by atoms with Gasteiger partial charge in [-0.15, -0.1) is 0 Å². The molecule has 8 rings (SSSR count). The summed E-state index contributed by atoms with van der Waals surface area (Å²) in [6.45, 7) is 9.95. The SMILES string of the molecule is COc1cc(N2CCC(N3CCN(C(=O)CCCCCCCCCCCNc4cccc5c4CN(C4CCC(=O)NC4=O)C5=O)CC3)CC2)ccc1Cc1ncnc(Cc2ccccc2S(=O)(=O)C(C)C)n1. The Labute approximate surface area is 425 Å². The first-order valence-electron chi connectivity index (χ1n) is 26.3. The van der Waals surface area contributed by atoms with Crippen molar-refractivity contribution in [2.75, 3.05) is 63.1 Å². The van der Waals surface area contributed by atoms with E-state index in [9.17, 15) is 27.6 Å². The lowest BCUT2D eigenvalue weighted by Gasteiger charge is -2.43. The Morgan fingerprint density at radius 3 is 2.17 bits per heavy atom. The Morgan fingerprint density at radius 1 is 0.792 bits per heavy atom. The summed E-state index contributed by atoms with van der Waals surface area (Å²) >= 11 is 0. The van der Waals surface area contributed by atoms with Gasteiger partial charge in [-0.05, 0) is 75.8 Å². The van der Waals surface area contributed by atoms with Crippen molar-refractivity contribution in [3.05, 3.63) is 101 Å². The summed E-state index contributed by atoms with van der Waals surface area (Å²) in [7, 11) is -1.77. The number of piperidine rings is 2. The molecule has 4 amide bonds. The Bertz CT molecular complexity index is 2650. The fourth-order valence-electron chi connectivity index (χ4n) is 10.7. The monoisotopic (exact) mass is 1000 g/mol. The molecule has 0 bridgehead atoms. The van der Waals surface area contributed by atoms with E-state index in [-0.39, 0.29) is 30.6 Å². The number of carbonyl (C=O) groups is 4. The minimum atomic E-state index is -3.46. The summed E-state index contributed by atoms with van der Waals surface area (Å²) in [4.78, 5) is 72.8. The lowest BCUT2D eigenvalue weighted by molar-refractivity contribution is -0.137. The van der Waals surface area contributed by atoms with Crippen LogP contribution in [0, 0.1) is 0 Å². The summed E-state index contributed by atoms with van der Waals surface area (Å²) in [5.41, 5.74) is 5.26. The number of nitrogens with zero attached hydrogens (tertiary/aromatic N) is 7. The van der Waals surface area contributed by atoms with Gasteiger partial charge >= 0.3 is 0 Å². The van der Waals surface area contributed by atoms with Crippen LogP contribution in [0.2, 0.25) is 0 Å². The molecule has 4 aliphatic rings. The summed E-state index contributed by atoms with van der Waals surface area (Å²) in [6, 6.07) is 19.0. The number of unbranched alkanes of at least 4 members (excludes halogenated alkanes) is 8. The molecule has 2 N–H and O–H groups in total. The van der Waals surface area contributed by atoms with E-state index in [1.807, 2.05) is 30.3 Å². The molecule has 386 valence electrons. The van der Waals surface area contributed by atoms with Crippen LogP contribution in [0.15, 0.2) is 71.9 Å². The molecule has 5 heterocycles. The minimum Gasteiger partial charge on any atom is -0.496 e. The summed E-state index contributed by atoms with van der Waals surface area (Å²) < 4.78 is 31.9. The highest BCUT2D eigenvalue weighted by Gasteiger charge is 2.40. The zero-order chi connectivity index (χ0) is 50.6. The largest absolute Gasteiger partial charge is 0.496 e. The summed E-state index contributed by atoms with van der Waals surface area (Å²) in [5, 5.41) is 5.36. The van der Waals surface area contributed by atoms with Crippen LogP contribution >= 0.6 is 0 Å². The second-order valence-electron chi connectivity index (χ2n) is 20.1. The lowest BCUT2D eigenvalue weighted by atomic mass is 10.0. The van der Waals surface area contributed by atoms with Gasteiger partial charge in [0.15, 0.2) is 9.84 Å². The Balaban J connectivity index is 0.669. The van der Waals surface area contributed by atoms with E-state index in [4.69, 9.17) is 9.72 Å². The van der Waals surface area contributed by atoms with Crippen LogP contribution in [0.3, 0.4) is 0 Å². The first kappa shape index (κ1) is 52.4. The van der Waals surface area contributed by atoms with Crippen molar-refractivity contribution in [3.63, 3.8) is 0 Å². The molecule has 17 heteroatoms. The average molecular weight is 1000 g/mol. The second-order valence-corrected chi connectivity index (χ2v) is 22.6. The van der Waals surface area contributed by atoms with Crippen molar-refractivity contribution in [3.8, 4) is 5.75 Å². The molecule has 0 saturated carbocycles. The number of hydrogen-bond acceptors (Lipinski definition) is 13. The smallest absolute Gasteiger partial charge is 0.255 e. The van der Waals surface area contributed by atoms with Gasteiger partial charge in [0.25, 0.3) is 5.91 Å². The molecule has 4 aliphatic heterocycles. The third-order valence-electron chi connectivity index (χ3n) is 15.0. The summed E-state index contributed by atoms with van der Waals surface area (Å²) in [5.74, 6) is 1.36. The number of nitrogens with one attached hydrogen (secondary N) is 2. The fourth-order valence-corrected chi connectivity index (χ4v) is 12.0. The molecule has 1 aromatic heterocycles. The number of hydrogen-bond donors (Lipinski definition) is 2. The maximum Gasteiger partial charge on any atom is 0.255 e. The number of methoxy groups -OCH3 is 1. The first-order chi connectivity index (χ1) is 34.9. The van der Waals surface area contributed by atoms with Crippen LogP contribution in [0.1, 0.15) is 142 Å². The molecule has 0 radical (unpaired) electrons. The highest BCUT2D eigenvalue weighted by atomic mass is 32.2. The van der Waals surface area contributed by atoms with Crippen molar-refractivity contribution in [2.45, 2.75) is 145 Å². The van der Waals surface area contributed by atoms with Crippen molar-refractivity contribution >= 4 is 44.8 Å². The number of ether oxygens (including phenoxy) is 1. The Morgan fingerprint density at radius 2 is 1.47 bits per heavy atom. The topological polar surface area (TPSA) is 187 Å². The molecule has 3 fully saturated rings. The number of sulfone groups is 1. The van der Waals surface area contributed by atoms with E-state index in [1.54, 1.807) is 38.0 Å². The van der Waals surface area contributed by atoms with E-state index in [2.05, 4.69) is 53.5 Å². The van der Waals surface area contributed by atoms with Crippen LogP contribution in [0.5, 0.6) is 5.75 Å². The third kappa shape index (κ3) is 13.0. The van der Waals surface area contributed by atoms with E-state index in [1.165, 1.54) is 38.4 Å². The zero-order valence-corrected chi connectivity index (χ0v) is 43.3. The predicted molar refractivity (Wildman–Crippen MR) is 278 cm³/mol. The summed E-state index contributed by atoms with van der Waals surface area (Å²) in [6.07, 6.45) is 15.8. The van der Waals surface area contributed by atoms with Crippen LogP contribution in [0.4, 0.5) is 11.4 Å². The van der Waals surface area contributed by atoms with Crippen LogP contribution in [0.25, 0.3) is 0 Å². The highest BCUT2D eigenvalue weighted by Crippen LogP contribution is 2.33. The number of carbonyl (C=O) groups excluding carboxylic acids is 4. The maximum absolute atomic E-state index is 13.1. The molecule has 72 heavy (non-hydrogen) atoms. The Hall–Kier alpha value is -5.94. The van der Waals surface area contributed by atoms with Gasteiger partial charge in [0.05, 0.1) is 17.3 Å². The van der Waals surface area contributed by atoms with Crippen molar-refractivity contribution in [1.29, 1.82) is 0 Å². The van der Waals surface area contributed by atoms with Crippen molar-refractivity contribution in [2.24, 2.45) is 0 Å². The van der Waals surface area contributed by atoms with E-state index in [0.29, 0.717) is 65.4 Å². The first-order valence-corrected chi connectivity index (χ1v) is 27.9. The van der Waals surface area contributed by atoms with Gasteiger partial charge in [0, 0.05) is 118 Å². The van der Waals surface area contributed by atoms with E-state index >= 15 is 0 Å². The van der Waals surface area contributed by atoms with Crippen molar-refractivity contribution < 1.29 is 32.3 Å². The van der Waals surface area contributed by atoms with Gasteiger partial charge in [-0.1, -0.05) is 75.3 Å². The minimum absolute atomic E-state index is 0.148. The quantitative estimate of drug-likeness (QED) is 0.0565. The lowest BCUT2D eigenvalue weighted by Crippen LogP contribution is -2.54. The number of aromatic nitrogens is 3.